The van der Waals surface area contributed by atoms with Crippen molar-refractivity contribution in [3.8, 4) is 0 Å². The predicted octanol–water partition coefficient (Wildman–Crippen LogP) is 2.82. The molecule has 2 aliphatic rings. The van der Waals surface area contributed by atoms with Crippen molar-refractivity contribution in [1.29, 1.82) is 0 Å². The summed E-state index contributed by atoms with van der Waals surface area (Å²) in [5, 5.41) is 16.3. The molecule has 2 fully saturated rings. The second-order valence-electron chi connectivity index (χ2n) is 7.62. The van der Waals surface area contributed by atoms with E-state index in [0.29, 0.717) is 13.2 Å². The Bertz CT molecular complexity index is 625. The minimum atomic E-state index is -0.0152. The van der Waals surface area contributed by atoms with Crippen LogP contribution in [0.1, 0.15) is 38.2 Å². The molecule has 1 unspecified atom stereocenters. The molecule has 1 saturated heterocycles. The highest BCUT2D eigenvalue weighted by atomic mass is 79.9. The Balaban J connectivity index is 1.63. The summed E-state index contributed by atoms with van der Waals surface area (Å²) in [7, 11) is 0. The van der Waals surface area contributed by atoms with Crippen LogP contribution in [-0.4, -0.2) is 50.5 Å². The quantitative estimate of drug-likeness (QED) is 0.444. The zero-order chi connectivity index (χ0) is 18.5. The van der Waals surface area contributed by atoms with Crippen LogP contribution < -0.4 is 10.6 Å². The van der Waals surface area contributed by atoms with Crippen LogP contribution in [0.5, 0.6) is 0 Å². The summed E-state index contributed by atoms with van der Waals surface area (Å²) in [5.74, 6) is 0.859. The third kappa shape index (κ3) is 4.78. The van der Waals surface area contributed by atoms with Gasteiger partial charge in [0.25, 0.3) is 0 Å². The van der Waals surface area contributed by atoms with E-state index in [1.165, 1.54) is 18.4 Å². The third-order valence-electron chi connectivity index (χ3n) is 5.63. The SMILES string of the molecule is CCNC(=NCC1(CCO)CCOC1)NCC1(c2cccc(Br)c2)CC1. The Morgan fingerprint density at radius 1 is 1.31 bits per heavy atom. The summed E-state index contributed by atoms with van der Waals surface area (Å²) in [5.41, 5.74) is 1.59. The summed E-state index contributed by atoms with van der Waals surface area (Å²) in [6.45, 7) is 6.14. The number of hydrogen-bond acceptors (Lipinski definition) is 3. The number of aliphatic imine (C=N–C) groups is 1. The largest absolute Gasteiger partial charge is 0.396 e. The lowest BCUT2D eigenvalue weighted by molar-refractivity contribution is 0.131. The highest BCUT2D eigenvalue weighted by Gasteiger charge is 2.44. The Morgan fingerprint density at radius 3 is 2.77 bits per heavy atom. The fraction of sp³-hybridized carbons (Fsp3) is 0.650. The van der Waals surface area contributed by atoms with Crippen molar-refractivity contribution < 1.29 is 9.84 Å². The van der Waals surface area contributed by atoms with Crippen molar-refractivity contribution in [2.45, 2.75) is 38.0 Å². The van der Waals surface area contributed by atoms with Crippen LogP contribution >= 0.6 is 15.9 Å². The lowest BCUT2D eigenvalue weighted by Crippen LogP contribution is -2.42. The zero-order valence-corrected chi connectivity index (χ0v) is 17.1. The molecule has 0 radical (unpaired) electrons. The smallest absolute Gasteiger partial charge is 0.191 e. The van der Waals surface area contributed by atoms with E-state index < -0.39 is 0 Å². The molecule has 0 spiro atoms. The lowest BCUT2D eigenvalue weighted by atomic mass is 9.84. The molecule has 3 N–H and O–H groups in total. The molecular weight excluding hydrogens is 394 g/mol. The van der Waals surface area contributed by atoms with Gasteiger partial charge in [-0.2, -0.15) is 0 Å². The van der Waals surface area contributed by atoms with Crippen LogP contribution in [-0.2, 0) is 10.2 Å². The van der Waals surface area contributed by atoms with E-state index in [9.17, 15) is 5.11 Å². The lowest BCUT2D eigenvalue weighted by Gasteiger charge is -2.25. The zero-order valence-electron chi connectivity index (χ0n) is 15.6. The van der Waals surface area contributed by atoms with Crippen molar-refractivity contribution in [3.63, 3.8) is 0 Å². The standard InChI is InChI=1S/C20H30BrN3O2/c1-2-22-18(23-13-19(8-10-25)9-11-26-15-19)24-14-20(6-7-20)16-4-3-5-17(21)12-16/h3-5,12,25H,2,6-11,13-15H2,1H3,(H2,22,23,24). The monoisotopic (exact) mass is 423 g/mol. The van der Waals surface area contributed by atoms with Crippen LogP contribution in [0.2, 0.25) is 0 Å². The second-order valence-corrected chi connectivity index (χ2v) is 8.53. The van der Waals surface area contributed by atoms with E-state index in [4.69, 9.17) is 9.73 Å². The van der Waals surface area contributed by atoms with Crippen LogP contribution in [0.15, 0.2) is 33.7 Å². The molecule has 1 atom stereocenters. The molecule has 5 nitrogen and oxygen atoms in total. The van der Waals surface area contributed by atoms with Gasteiger partial charge in [0.15, 0.2) is 5.96 Å². The average Bonchev–Trinajstić information content (AvgIpc) is 3.30. The summed E-state index contributed by atoms with van der Waals surface area (Å²) in [6.07, 6.45) is 4.13. The maximum Gasteiger partial charge on any atom is 0.191 e. The van der Waals surface area contributed by atoms with Gasteiger partial charge in [-0.3, -0.25) is 4.99 Å². The van der Waals surface area contributed by atoms with E-state index in [0.717, 1.165) is 43.0 Å². The van der Waals surface area contributed by atoms with Crippen molar-refractivity contribution >= 4 is 21.9 Å². The summed E-state index contributed by atoms with van der Waals surface area (Å²) >= 11 is 3.58. The Morgan fingerprint density at radius 2 is 2.15 bits per heavy atom. The number of aliphatic hydroxyl groups excluding tert-OH is 1. The molecule has 0 aromatic heterocycles. The van der Waals surface area contributed by atoms with Crippen LogP contribution in [0.4, 0.5) is 0 Å². The number of nitrogens with one attached hydrogen (secondary N) is 2. The molecular formula is C20H30BrN3O2. The average molecular weight is 424 g/mol. The molecule has 1 aromatic rings. The third-order valence-corrected chi connectivity index (χ3v) is 6.12. The van der Waals surface area contributed by atoms with E-state index in [1.54, 1.807) is 0 Å². The van der Waals surface area contributed by atoms with Gasteiger partial charge >= 0.3 is 0 Å². The number of nitrogens with zero attached hydrogens (tertiary/aromatic N) is 1. The minimum absolute atomic E-state index is 0.0152. The molecule has 1 heterocycles. The Labute approximate surface area is 164 Å². The predicted molar refractivity (Wildman–Crippen MR) is 109 cm³/mol. The van der Waals surface area contributed by atoms with Gasteiger partial charge in [0.2, 0.25) is 0 Å². The van der Waals surface area contributed by atoms with Crippen molar-refractivity contribution in [1.82, 2.24) is 10.6 Å². The number of guanidine groups is 1. The number of benzene rings is 1. The van der Waals surface area contributed by atoms with E-state index >= 15 is 0 Å². The van der Waals surface area contributed by atoms with Gasteiger partial charge in [0.1, 0.15) is 0 Å². The second kappa shape index (κ2) is 8.72. The molecule has 6 heteroatoms. The minimum Gasteiger partial charge on any atom is -0.396 e. The maximum atomic E-state index is 9.39. The molecule has 0 bridgehead atoms. The Kier molecular flexibility index (Phi) is 6.59. The first-order valence-corrected chi connectivity index (χ1v) is 10.4. The number of rotatable bonds is 8. The molecule has 1 aliphatic heterocycles. The van der Waals surface area contributed by atoms with Crippen LogP contribution in [0, 0.1) is 5.41 Å². The normalized spacial score (nSPS) is 24.5. The van der Waals surface area contributed by atoms with Gasteiger partial charge in [-0.05, 0) is 50.3 Å². The van der Waals surface area contributed by atoms with Crippen molar-refractivity contribution in [3.05, 3.63) is 34.3 Å². The van der Waals surface area contributed by atoms with Gasteiger partial charge in [0.05, 0.1) is 13.2 Å². The number of aliphatic hydroxyl groups is 1. The van der Waals surface area contributed by atoms with E-state index in [2.05, 4.69) is 57.8 Å². The van der Waals surface area contributed by atoms with Gasteiger partial charge < -0.3 is 20.5 Å². The summed E-state index contributed by atoms with van der Waals surface area (Å²) in [6, 6.07) is 8.63. The molecule has 0 amide bonds. The van der Waals surface area contributed by atoms with Gasteiger partial charge in [-0.15, -0.1) is 0 Å². The first kappa shape index (κ1) is 19.6. The number of hydrogen-bond donors (Lipinski definition) is 3. The van der Waals surface area contributed by atoms with E-state index in [-0.39, 0.29) is 17.4 Å². The number of ether oxygens (including phenoxy) is 1. The maximum absolute atomic E-state index is 9.39. The van der Waals surface area contributed by atoms with Crippen LogP contribution in [0.3, 0.4) is 0 Å². The fourth-order valence-electron chi connectivity index (χ4n) is 3.67. The topological polar surface area (TPSA) is 65.9 Å². The van der Waals surface area contributed by atoms with Gasteiger partial charge in [-0.1, -0.05) is 28.1 Å². The molecule has 1 aromatic carbocycles. The van der Waals surface area contributed by atoms with Crippen molar-refractivity contribution in [2.75, 3.05) is 39.5 Å². The first-order valence-electron chi connectivity index (χ1n) is 9.58. The summed E-state index contributed by atoms with van der Waals surface area (Å²) < 4.78 is 6.71. The van der Waals surface area contributed by atoms with Gasteiger partial charge in [0, 0.05) is 41.6 Å². The number of halogens is 1. The first-order chi connectivity index (χ1) is 12.6. The highest BCUT2D eigenvalue weighted by Crippen LogP contribution is 2.48. The highest BCUT2D eigenvalue weighted by molar-refractivity contribution is 9.10. The molecule has 26 heavy (non-hydrogen) atoms. The Hall–Kier alpha value is -1.11. The summed E-state index contributed by atoms with van der Waals surface area (Å²) in [4.78, 5) is 4.82. The van der Waals surface area contributed by atoms with Gasteiger partial charge in [-0.25, -0.2) is 0 Å². The van der Waals surface area contributed by atoms with E-state index in [1.807, 2.05) is 0 Å². The molecule has 1 saturated carbocycles. The molecule has 144 valence electrons. The molecule has 3 rings (SSSR count). The fourth-order valence-corrected chi connectivity index (χ4v) is 4.07. The molecule has 1 aliphatic carbocycles. The van der Waals surface area contributed by atoms with Crippen molar-refractivity contribution in [2.24, 2.45) is 10.4 Å². The van der Waals surface area contributed by atoms with Crippen LogP contribution in [0.25, 0.3) is 0 Å².